The Bertz CT molecular complexity index is 1040. The predicted octanol–water partition coefficient (Wildman–Crippen LogP) is 2.99. The molecule has 0 saturated carbocycles. The van der Waals surface area contributed by atoms with Crippen molar-refractivity contribution in [2.45, 2.75) is 0 Å². The number of methoxy groups -OCH3 is 4. The van der Waals surface area contributed by atoms with E-state index in [0.29, 0.717) is 17.2 Å². The zero-order valence-electron chi connectivity index (χ0n) is 17.7. The molecule has 0 spiro atoms. The van der Waals surface area contributed by atoms with Crippen molar-refractivity contribution in [1.82, 2.24) is 9.97 Å². The highest BCUT2D eigenvalue weighted by molar-refractivity contribution is 5.98. The summed E-state index contributed by atoms with van der Waals surface area (Å²) in [6.07, 6.45) is 1.58. The van der Waals surface area contributed by atoms with Crippen molar-refractivity contribution in [3.63, 3.8) is 0 Å². The van der Waals surface area contributed by atoms with E-state index < -0.39 is 0 Å². The van der Waals surface area contributed by atoms with Gasteiger partial charge in [0.05, 0.1) is 45.0 Å². The van der Waals surface area contributed by atoms with E-state index in [9.17, 15) is 0 Å². The number of piperazine rings is 1. The Morgan fingerprint density at radius 3 is 2.07 bits per heavy atom. The first-order valence-electron chi connectivity index (χ1n) is 9.78. The first kappa shape index (κ1) is 19.9. The van der Waals surface area contributed by atoms with Gasteiger partial charge in [-0.1, -0.05) is 12.1 Å². The summed E-state index contributed by atoms with van der Waals surface area (Å²) in [5.41, 5.74) is 1.86. The van der Waals surface area contributed by atoms with Crippen molar-refractivity contribution in [3.05, 3.63) is 36.7 Å². The Labute approximate surface area is 175 Å². The van der Waals surface area contributed by atoms with Gasteiger partial charge in [0.15, 0.2) is 11.5 Å². The number of nitrogens with zero attached hydrogens (tertiary/aromatic N) is 4. The molecule has 0 amide bonds. The topological polar surface area (TPSA) is 69.2 Å². The normalized spacial score (nSPS) is 14.0. The van der Waals surface area contributed by atoms with Gasteiger partial charge in [-0.15, -0.1) is 0 Å². The SMILES string of the molecule is COc1ccccc1N1CCN(c2ncnc3cc(OC)c(OC)c(OC)c23)CC1. The molecule has 2 heterocycles. The number of aromatic nitrogens is 2. The lowest BCUT2D eigenvalue weighted by atomic mass is 10.1. The van der Waals surface area contributed by atoms with E-state index in [4.69, 9.17) is 18.9 Å². The second-order valence-electron chi connectivity index (χ2n) is 6.88. The molecule has 1 aromatic heterocycles. The maximum Gasteiger partial charge on any atom is 0.204 e. The van der Waals surface area contributed by atoms with Crippen molar-refractivity contribution in [1.29, 1.82) is 0 Å². The van der Waals surface area contributed by atoms with Crippen LogP contribution in [0.2, 0.25) is 0 Å². The molecule has 0 atom stereocenters. The fourth-order valence-corrected chi connectivity index (χ4v) is 3.96. The number of hydrogen-bond donors (Lipinski definition) is 0. The van der Waals surface area contributed by atoms with Gasteiger partial charge in [-0.05, 0) is 12.1 Å². The molecular formula is C22H26N4O4. The summed E-state index contributed by atoms with van der Waals surface area (Å²) >= 11 is 0. The van der Waals surface area contributed by atoms with Crippen molar-refractivity contribution in [2.24, 2.45) is 0 Å². The van der Waals surface area contributed by atoms with Crippen LogP contribution in [0.15, 0.2) is 36.7 Å². The molecule has 0 unspecified atom stereocenters. The summed E-state index contributed by atoms with van der Waals surface area (Å²) in [7, 11) is 6.52. The van der Waals surface area contributed by atoms with E-state index >= 15 is 0 Å². The van der Waals surface area contributed by atoms with Gasteiger partial charge in [0.1, 0.15) is 17.9 Å². The van der Waals surface area contributed by atoms with Crippen LogP contribution in [0.4, 0.5) is 11.5 Å². The summed E-state index contributed by atoms with van der Waals surface area (Å²) in [5, 5.41) is 0.823. The summed E-state index contributed by atoms with van der Waals surface area (Å²) < 4.78 is 22.3. The first-order valence-corrected chi connectivity index (χ1v) is 9.78. The van der Waals surface area contributed by atoms with Crippen LogP contribution < -0.4 is 28.7 Å². The van der Waals surface area contributed by atoms with Gasteiger partial charge in [-0.25, -0.2) is 9.97 Å². The molecule has 0 radical (unpaired) electrons. The van der Waals surface area contributed by atoms with Crippen LogP contribution in [0, 0.1) is 0 Å². The molecule has 0 bridgehead atoms. The minimum absolute atomic E-state index is 0.538. The Morgan fingerprint density at radius 1 is 0.733 bits per heavy atom. The summed E-state index contributed by atoms with van der Waals surface area (Å²) in [4.78, 5) is 13.6. The summed E-state index contributed by atoms with van der Waals surface area (Å²) in [5.74, 6) is 3.41. The summed E-state index contributed by atoms with van der Waals surface area (Å²) in [6.45, 7) is 3.31. The van der Waals surface area contributed by atoms with E-state index in [2.05, 4.69) is 25.8 Å². The quantitative estimate of drug-likeness (QED) is 0.614. The molecular weight excluding hydrogens is 384 g/mol. The fraction of sp³-hybridized carbons (Fsp3) is 0.364. The van der Waals surface area contributed by atoms with Crippen LogP contribution in [0.3, 0.4) is 0 Å². The molecule has 4 rings (SSSR count). The summed E-state index contributed by atoms with van der Waals surface area (Å²) in [6, 6.07) is 9.96. The number of para-hydroxylation sites is 2. The molecule has 1 aliphatic rings. The highest BCUT2D eigenvalue weighted by Crippen LogP contribution is 2.45. The van der Waals surface area contributed by atoms with Crippen molar-refractivity contribution in [2.75, 3.05) is 64.4 Å². The molecule has 0 aliphatic carbocycles. The van der Waals surface area contributed by atoms with Crippen LogP contribution in [0.5, 0.6) is 23.0 Å². The fourth-order valence-electron chi connectivity index (χ4n) is 3.96. The van der Waals surface area contributed by atoms with Gasteiger partial charge < -0.3 is 28.7 Å². The van der Waals surface area contributed by atoms with Gasteiger partial charge in [0.25, 0.3) is 0 Å². The molecule has 1 saturated heterocycles. The minimum Gasteiger partial charge on any atom is -0.495 e. The van der Waals surface area contributed by atoms with Gasteiger partial charge in [-0.2, -0.15) is 0 Å². The van der Waals surface area contributed by atoms with Crippen LogP contribution in [0.25, 0.3) is 10.9 Å². The number of hydrogen-bond acceptors (Lipinski definition) is 8. The lowest BCUT2D eigenvalue weighted by Crippen LogP contribution is -2.47. The van der Waals surface area contributed by atoms with Crippen LogP contribution in [-0.2, 0) is 0 Å². The van der Waals surface area contributed by atoms with Crippen molar-refractivity contribution < 1.29 is 18.9 Å². The molecule has 3 aromatic rings. The standard InChI is InChI=1S/C22H26N4O4/c1-27-17-8-6-5-7-16(17)25-9-11-26(12-10-25)22-19-15(23-14-24-22)13-18(28-2)20(29-3)21(19)30-4/h5-8,13-14H,9-12H2,1-4H3. The Hall–Kier alpha value is -3.42. The average Bonchev–Trinajstić information content (AvgIpc) is 2.82. The zero-order valence-corrected chi connectivity index (χ0v) is 17.7. The van der Waals surface area contributed by atoms with E-state index in [-0.39, 0.29) is 0 Å². The van der Waals surface area contributed by atoms with Gasteiger partial charge >= 0.3 is 0 Å². The second-order valence-corrected chi connectivity index (χ2v) is 6.88. The Balaban J connectivity index is 1.68. The Kier molecular flexibility index (Phi) is 5.65. The number of benzene rings is 2. The third kappa shape index (κ3) is 3.38. The molecule has 158 valence electrons. The minimum atomic E-state index is 0.538. The maximum atomic E-state index is 5.71. The van der Waals surface area contributed by atoms with E-state index in [0.717, 1.165) is 54.3 Å². The van der Waals surface area contributed by atoms with Crippen molar-refractivity contribution >= 4 is 22.4 Å². The molecule has 0 N–H and O–H groups in total. The molecule has 30 heavy (non-hydrogen) atoms. The van der Waals surface area contributed by atoms with Gasteiger partial charge in [0.2, 0.25) is 5.75 Å². The molecule has 1 fully saturated rings. The Morgan fingerprint density at radius 2 is 1.40 bits per heavy atom. The van der Waals surface area contributed by atoms with E-state index in [1.54, 1.807) is 34.8 Å². The monoisotopic (exact) mass is 410 g/mol. The van der Waals surface area contributed by atoms with Crippen molar-refractivity contribution in [3.8, 4) is 23.0 Å². The zero-order chi connectivity index (χ0) is 21.1. The predicted molar refractivity (Wildman–Crippen MR) is 117 cm³/mol. The number of rotatable bonds is 6. The van der Waals surface area contributed by atoms with Crippen LogP contribution in [0.1, 0.15) is 0 Å². The molecule has 2 aromatic carbocycles. The van der Waals surface area contributed by atoms with Gasteiger partial charge in [0, 0.05) is 32.2 Å². The second kappa shape index (κ2) is 8.52. The van der Waals surface area contributed by atoms with Gasteiger partial charge in [-0.3, -0.25) is 0 Å². The molecule has 8 nitrogen and oxygen atoms in total. The lowest BCUT2D eigenvalue weighted by molar-refractivity contribution is 0.327. The maximum absolute atomic E-state index is 5.71. The highest BCUT2D eigenvalue weighted by Gasteiger charge is 2.26. The largest absolute Gasteiger partial charge is 0.495 e. The molecule has 8 heteroatoms. The highest BCUT2D eigenvalue weighted by atomic mass is 16.5. The van der Waals surface area contributed by atoms with E-state index in [1.165, 1.54) is 0 Å². The number of fused-ring (bicyclic) bond motifs is 1. The van der Waals surface area contributed by atoms with E-state index in [1.807, 2.05) is 24.3 Å². The van der Waals surface area contributed by atoms with Crippen LogP contribution in [-0.4, -0.2) is 64.6 Å². The third-order valence-corrected chi connectivity index (χ3v) is 5.41. The molecule has 1 aliphatic heterocycles. The first-order chi connectivity index (χ1) is 14.7. The third-order valence-electron chi connectivity index (χ3n) is 5.41. The average molecular weight is 410 g/mol. The lowest BCUT2D eigenvalue weighted by Gasteiger charge is -2.37. The van der Waals surface area contributed by atoms with Crippen LogP contribution >= 0.6 is 0 Å². The number of anilines is 2. The smallest absolute Gasteiger partial charge is 0.204 e. The number of ether oxygens (including phenoxy) is 4.